The second-order valence-corrected chi connectivity index (χ2v) is 6.69. The lowest BCUT2D eigenvalue weighted by molar-refractivity contribution is 0.314. The molecule has 0 saturated carbocycles. The van der Waals surface area contributed by atoms with Gasteiger partial charge in [-0.25, -0.2) is 4.98 Å². The van der Waals surface area contributed by atoms with Gasteiger partial charge < -0.3 is 20.4 Å². The van der Waals surface area contributed by atoms with Crippen LogP contribution in [0.1, 0.15) is 31.7 Å². The molecule has 0 fully saturated rings. The molecule has 0 atom stereocenters. The van der Waals surface area contributed by atoms with Gasteiger partial charge >= 0.3 is 0 Å². The number of aromatic nitrogens is 3. The third-order valence-electron chi connectivity index (χ3n) is 4.85. The van der Waals surface area contributed by atoms with E-state index in [1.54, 1.807) is 0 Å². The number of unbranched alkanes of at least 4 members (excludes halogenated alkanes) is 2. The first-order chi connectivity index (χ1) is 12.8. The minimum atomic E-state index is 0.491. The minimum absolute atomic E-state index is 0.491. The summed E-state index contributed by atoms with van der Waals surface area (Å²) in [7, 11) is 0. The molecule has 136 valence electrons. The van der Waals surface area contributed by atoms with Crippen molar-refractivity contribution in [3.63, 3.8) is 0 Å². The molecule has 0 spiro atoms. The summed E-state index contributed by atoms with van der Waals surface area (Å²) in [6, 6.07) is 10.6. The van der Waals surface area contributed by atoms with Crippen molar-refractivity contribution in [2.75, 3.05) is 18.9 Å². The highest BCUT2D eigenvalue weighted by Crippen LogP contribution is 2.31. The van der Waals surface area contributed by atoms with E-state index >= 15 is 0 Å². The number of nitrogens with one attached hydrogen (secondary N) is 1. The van der Waals surface area contributed by atoms with E-state index in [2.05, 4.69) is 52.1 Å². The molecule has 1 aromatic carbocycles. The molecule has 3 heterocycles. The number of rotatable bonds is 5. The molecule has 4 rings (SSSR count). The SMILES string of the molecule is CCCCCn1c(-c2nc(N)c3c(n2)OCCNC3)cc2ccccc21. The predicted octanol–water partition coefficient (Wildman–Crippen LogP) is 3.35. The van der Waals surface area contributed by atoms with Crippen molar-refractivity contribution < 1.29 is 4.74 Å². The monoisotopic (exact) mass is 351 g/mol. The number of nitrogen functional groups attached to an aromatic ring is 1. The second kappa shape index (κ2) is 7.33. The summed E-state index contributed by atoms with van der Waals surface area (Å²) < 4.78 is 8.11. The van der Waals surface area contributed by atoms with E-state index in [0.717, 1.165) is 30.8 Å². The van der Waals surface area contributed by atoms with Crippen LogP contribution < -0.4 is 15.8 Å². The van der Waals surface area contributed by atoms with Crippen molar-refractivity contribution in [3.8, 4) is 17.4 Å². The smallest absolute Gasteiger partial charge is 0.223 e. The highest BCUT2D eigenvalue weighted by atomic mass is 16.5. The van der Waals surface area contributed by atoms with Crippen LogP contribution >= 0.6 is 0 Å². The molecule has 0 saturated heterocycles. The van der Waals surface area contributed by atoms with E-state index in [4.69, 9.17) is 15.5 Å². The number of para-hydroxylation sites is 1. The van der Waals surface area contributed by atoms with Crippen LogP contribution in [0.15, 0.2) is 30.3 Å². The quantitative estimate of drug-likeness (QED) is 0.689. The topological polar surface area (TPSA) is 78.0 Å². The van der Waals surface area contributed by atoms with E-state index in [-0.39, 0.29) is 0 Å². The zero-order valence-corrected chi connectivity index (χ0v) is 15.2. The Morgan fingerprint density at radius 2 is 2.12 bits per heavy atom. The van der Waals surface area contributed by atoms with E-state index in [1.165, 1.54) is 23.7 Å². The summed E-state index contributed by atoms with van der Waals surface area (Å²) in [6.45, 7) is 5.17. The van der Waals surface area contributed by atoms with E-state index in [1.807, 2.05) is 0 Å². The van der Waals surface area contributed by atoms with Gasteiger partial charge in [-0.05, 0) is 18.6 Å². The van der Waals surface area contributed by atoms with Crippen LogP contribution in [0.4, 0.5) is 5.82 Å². The lowest BCUT2D eigenvalue weighted by Crippen LogP contribution is -2.16. The first kappa shape index (κ1) is 16.8. The van der Waals surface area contributed by atoms with Gasteiger partial charge in [0.1, 0.15) is 12.4 Å². The van der Waals surface area contributed by atoms with Gasteiger partial charge in [0.2, 0.25) is 5.88 Å². The predicted molar refractivity (Wildman–Crippen MR) is 104 cm³/mol. The number of nitrogens with two attached hydrogens (primary N) is 1. The average Bonchev–Trinajstić information content (AvgIpc) is 2.84. The fourth-order valence-corrected chi connectivity index (χ4v) is 3.47. The molecule has 6 nitrogen and oxygen atoms in total. The normalized spacial score (nSPS) is 14.0. The van der Waals surface area contributed by atoms with Crippen LogP contribution in [0.5, 0.6) is 5.88 Å². The Hall–Kier alpha value is -2.60. The molecule has 1 aliphatic heterocycles. The largest absolute Gasteiger partial charge is 0.476 e. The number of fused-ring (bicyclic) bond motifs is 2. The number of benzene rings is 1. The Balaban J connectivity index is 1.82. The van der Waals surface area contributed by atoms with Crippen molar-refractivity contribution in [1.82, 2.24) is 19.9 Å². The molecule has 0 aliphatic carbocycles. The molecular formula is C20H25N5O. The molecule has 1 aliphatic rings. The third kappa shape index (κ3) is 3.12. The van der Waals surface area contributed by atoms with Gasteiger partial charge in [-0.2, -0.15) is 4.98 Å². The van der Waals surface area contributed by atoms with Gasteiger partial charge in [0.25, 0.3) is 0 Å². The maximum Gasteiger partial charge on any atom is 0.223 e. The third-order valence-corrected chi connectivity index (χ3v) is 4.85. The maximum atomic E-state index is 6.23. The van der Waals surface area contributed by atoms with Crippen molar-refractivity contribution in [2.24, 2.45) is 0 Å². The Morgan fingerprint density at radius 3 is 3.00 bits per heavy atom. The lowest BCUT2D eigenvalue weighted by Gasteiger charge is -2.13. The van der Waals surface area contributed by atoms with Crippen molar-refractivity contribution in [1.29, 1.82) is 0 Å². The Bertz CT molecular complexity index is 918. The molecule has 0 bridgehead atoms. The van der Waals surface area contributed by atoms with Gasteiger partial charge in [-0.15, -0.1) is 0 Å². The van der Waals surface area contributed by atoms with Crippen molar-refractivity contribution in [3.05, 3.63) is 35.9 Å². The minimum Gasteiger partial charge on any atom is -0.476 e. The molecule has 0 radical (unpaired) electrons. The van der Waals surface area contributed by atoms with Crippen LogP contribution in [0, 0.1) is 0 Å². The fraction of sp³-hybridized carbons (Fsp3) is 0.400. The standard InChI is InChI=1S/C20H25N5O/c1-2-3-6-10-25-16-8-5-4-7-14(16)12-17(25)19-23-18(21)15-13-22-9-11-26-20(15)24-19/h4-5,7-8,12,22H,2-3,6,9-11,13H2,1H3,(H2,21,23,24). The number of hydrogen-bond donors (Lipinski definition) is 2. The Morgan fingerprint density at radius 1 is 1.23 bits per heavy atom. The molecule has 0 amide bonds. The van der Waals surface area contributed by atoms with Gasteiger partial charge in [0, 0.05) is 30.5 Å². The highest BCUT2D eigenvalue weighted by molar-refractivity contribution is 5.86. The Kier molecular flexibility index (Phi) is 4.75. The Labute approximate surface area is 153 Å². The van der Waals surface area contributed by atoms with Gasteiger partial charge in [0.15, 0.2) is 5.82 Å². The fourth-order valence-electron chi connectivity index (χ4n) is 3.47. The number of nitrogens with zero attached hydrogens (tertiary/aromatic N) is 3. The first-order valence-electron chi connectivity index (χ1n) is 9.36. The zero-order chi connectivity index (χ0) is 17.9. The van der Waals surface area contributed by atoms with Gasteiger partial charge in [-0.3, -0.25) is 0 Å². The number of aryl methyl sites for hydroxylation is 1. The zero-order valence-electron chi connectivity index (χ0n) is 15.2. The summed E-state index contributed by atoms with van der Waals surface area (Å²) in [6.07, 6.45) is 3.52. The van der Waals surface area contributed by atoms with E-state index in [9.17, 15) is 0 Å². The number of ether oxygens (including phenoxy) is 1. The molecular weight excluding hydrogens is 326 g/mol. The first-order valence-corrected chi connectivity index (χ1v) is 9.36. The molecule has 2 aromatic heterocycles. The van der Waals surface area contributed by atoms with Crippen molar-refractivity contribution in [2.45, 2.75) is 39.3 Å². The average molecular weight is 351 g/mol. The highest BCUT2D eigenvalue weighted by Gasteiger charge is 2.19. The van der Waals surface area contributed by atoms with E-state index in [0.29, 0.717) is 30.7 Å². The van der Waals surface area contributed by atoms with Gasteiger partial charge in [0.05, 0.1) is 11.3 Å². The molecule has 3 aromatic rings. The lowest BCUT2D eigenvalue weighted by atomic mass is 10.2. The van der Waals surface area contributed by atoms with Crippen LogP contribution in [0.25, 0.3) is 22.4 Å². The van der Waals surface area contributed by atoms with Crippen LogP contribution in [-0.2, 0) is 13.1 Å². The van der Waals surface area contributed by atoms with Crippen LogP contribution in [-0.4, -0.2) is 27.7 Å². The second-order valence-electron chi connectivity index (χ2n) is 6.69. The molecule has 3 N–H and O–H groups in total. The summed E-state index contributed by atoms with van der Waals surface area (Å²) in [5.41, 5.74) is 9.29. The number of anilines is 1. The van der Waals surface area contributed by atoms with E-state index < -0.39 is 0 Å². The molecule has 6 heteroatoms. The summed E-state index contributed by atoms with van der Waals surface area (Å²) in [4.78, 5) is 9.32. The van der Waals surface area contributed by atoms with Crippen LogP contribution in [0.2, 0.25) is 0 Å². The maximum absolute atomic E-state index is 6.23. The van der Waals surface area contributed by atoms with Crippen LogP contribution in [0.3, 0.4) is 0 Å². The summed E-state index contributed by atoms with van der Waals surface area (Å²) in [5.74, 6) is 1.73. The molecule has 0 unspecified atom stereocenters. The van der Waals surface area contributed by atoms with Crippen molar-refractivity contribution >= 4 is 16.7 Å². The van der Waals surface area contributed by atoms with Gasteiger partial charge in [-0.1, -0.05) is 38.0 Å². The summed E-state index contributed by atoms with van der Waals surface area (Å²) in [5, 5.41) is 4.47. The number of hydrogen-bond acceptors (Lipinski definition) is 5. The molecule has 26 heavy (non-hydrogen) atoms. The summed E-state index contributed by atoms with van der Waals surface area (Å²) >= 11 is 0.